The van der Waals surface area contributed by atoms with Crippen LogP contribution in [0.15, 0.2) is 24.3 Å². The second-order valence-corrected chi connectivity index (χ2v) is 7.46. The molecule has 23 heavy (non-hydrogen) atoms. The number of likely N-dealkylation sites (tertiary alicyclic amines) is 1. The molecule has 0 spiro atoms. The number of nitrogens with one attached hydrogen (secondary N) is 1. The summed E-state index contributed by atoms with van der Waals surface area (Å²) in [5.74, 6) is 0. The van der Waals surface area contributed by atoms with Gasteiger partial charge in [-0.05, 0) is 45.2 Å². The van der Waals surface area contributed by atoms with Crippen molar-refractivity contribution in [2.24, 2.45) is 0 Å². The Balaban J connectivity index is 1.77. The highest BCUT2D eigenvalue weighted by Crippen LogP contribution is 2.19. The van der Waals surface area contributed by atoms with Crippen molar-refractivity contribution in [1.82, 2.24) is 10.2 Å². The van der Waals surface area contributed by atoms with Gasteiger partial charge in [0.25, 0.3) is 0 Å². The number of aryl methyl sites for hydroxylation is 1. The lowest BCUT2D eigenvalue weighted by atomic mass is 10.0. The van der Waals surface area contributed by atoms with E-state index in [1.807, 2.05) is 20.8 Å². The van der Waals surface area contributed by atoms with E-state index in [-0.39, 0.29) is 12.1 Å². The smallest absolute Gasteiger partial charge is 0.410 e. The summed E-state index contributed by atoms with van der Waals surface area (Å²) in [5, 5.41) is 3.58. The minimum atomic E-state index is -0.427. The Morgan fingerprint density at radius 1 is 1.30 bits per heavy atom. The molecule has 1 aromatic rings. The van der Waals surface area contributed by atoms with E-state index in [1.165, 1.54) is 17.5 Å². The topological polar surface area (TPSA) is 41.6 Å². The van der Waals surface area contributed by atoms with Gasteiger partial charge in [-0.1, -0.05) is 37.6 Å². The molecule has 0 bridgehead atoms. The first-order valence-electron chi connectivity index (χ1n) is 8.61. The van der Waals surface area contributed by atoms with Gasteiger partial charge in [-0.15, -0.1) is 0 Å². The second-order valence-electron chi connectivity index (χ2n) is 7.46. The minimum Gasteiger partial charge on any atom is -0.444 e. The van der Waals surface area contributed by atoms with Crippen LogP contribution >= 0.6 is 0 Å². The van der Waals surface area contributed by atoms with Crippen LogP contribution in [0.3, 0.4) is 0 Å². The number of rotatable bonds is 5. The lowest BCUT2D eigenvalue weighted by Crippen LogP contribution is -2.60. The molecule has 4 nitrogen and oxygen atoms in total. The third-order valence-electron chi connectivity index (χ3n) is 4.04. The van der Waals surface area contributed by atoms with E-state index < -0.39 is 5.60 Å². The normalized spacial score (nSPS) is 16.8. The van der Waals surface area contributed by atoms with Gasteiger partial charge in [0.1, 0.15) is 5.60 Å². The van der Waals surface area contributed by atoms with Gasteiger partial charge in [0, 0.05) is 25.2 Å². The second kappa shape index (κ2) is 7.35. The molecule has 1 aliphatic rings. The summed E-state index contributed by atoms with van der Waals surface area (Å²) in [4.78, 5) is 13.7. The molecule has 0 radical (unpaired) electrons. The molecule has 1 aliphatic heterocycles. The molecule has 2 rings (SSSR count). The lowest BCUT2D eigenvalue weighted by Gasteiger charge is -2.41. The molecule has 1 amide bonds. The van der Waals surface area contributed by atoms with Gasteiger partial charge in [-0.2, -0.15) is 0 Å². The van der Waals surface area contributed by atoms with Crippen molar-refractivity contribution in [2.45, 2.75) is 65.1 Å². The van der Waals surface area contributed by atoms with Gasteiger partial charge in [0.2, 0.25) is 0 Å². The fraction of sp³-hybridized carbons (Fsp3) is 0.632. The SMILES string of the molecule is CCCc1ccc(C(C)NC2CN(C(=O)OC(C)(C)C)C2)cc1. The summed E-state index contributed by atoms with van der Waals surface area (Å²) < 4.78 is 5.37. The average molecular weight is 318 g/mol. The molecule has 1 unspecified atom stereocenters. The maximum absolute atomic E-state index is 11.9. The van der Waals surface area contributed by atoms with Crippen LogP contribution in [0.4, 0.5) is 4.79 Å². The highest BCUT2D eigenvalue weighted by atomic mass is 16.6. The molecule has 1 N–H and O–H groups in total. The first-order valence-corrected chi connectivity index (χ1v) is 8.61. The van der Waals surface area contributed by atoms with Crippen LogP contribution in [0.2, 0.25) is 0 Å². The lowest BCUT2D eigenvalue weighted by molar-refractivity contribution is 0.00434. The Morgan fingerprint density at radius 3 is 2.43 bits per heavy atom. The van der Waals surface area contributed by atoms with Crippen LogP contribution in [-0.4, -0.2) is 35.7 Å². The van der Waals surface area contributed by atoms with Crippen molar-refractivity contribution in [3.8, 4) is 0 Å². The van der Waals surface area contributed by atoms with Crippen LogP contribution in [-0.2, 0) is 11.2 Å². The van der Waals surface area contributed by atoms with Crippen molar-refractivity contribution >= 4 is 6.09 Å². The zero-order chi connectivity index (χ0) is 17.0. The van der Waals surface area contributed by atoms with Gasteiger partial charge in [-0.3, -0.25) is 0 Å². The summed E-state index contributed by atoms with van der Waals surface area (Å²) >= 11 is 0. The molecule has 4 heteroatoms. The molecular formula is C19H30N2O2. The summed E-state index contributed by atoms with van der Waals surface area (Å²) in [5.41, 5.74) is 2.26. The van der Waals surface area contributed by atoms with E-state index >= 15 is 0 Å². The molecular weight excluding hydrogens is 288 g/mol. The first kappa shape index (κ1) is 17.8. The van der Waals surface area contributed by atoms with Crippen LogP contribution < -0.4 is 5.32 Å². The molecule has 1 aromatic carbocycles. The monoisotopic (exact) mass is 318 g/mol. The predicted molar refractivity (Wildman–Crippen MR) is 93.6 cm³/mol. The fourth-order valence-corrected chi connectivity index (χ4v) is 2.77. The Labute approximate surface area is 140 Å². The molecule has 1 atom stereocenters. The van der Waals surface area contributed by atoms with E-state index in [2.05, 4.69) is 43.4 Å². The summed E-state index contributed by atoms with van der Waals surface area (Å²) in [6.45, 7) is 11.5. The van der Waals surface area contributed by atoms with Crippen molar-refractivity contribution in [2.75, 3.05) is 13.1 Å². The third-order valence-corrected chi connectivity index (χ3v) is 4.04. The van der Waals surface area contributed by atoms with Crippen LogP contribution in [0.1, 0.15) is 58.2 Å². The molecule has 1 fully saturated rings. The van der Waals surface area contributed by atoms with E-state index in [4.69, 9.17) is 4.74 Å². The zero-order valence-corrected chi connectivity index (χ0v) is 15.1. The number of benzene rings is 1. The first-order chi connectivity index (χ1) is 10.8. The molecule has 0 saturated carbocycles. The van der Waals surface area contributed by atoms with Crippen molar-refractivity contribution in [3.63, 3.8) is 0 Å². The van der Waals surface area contributed by atoms with Crippen LogP contribution in [0.5, 0.6) is 0 Å². The van der Waals surface area contributed by atoms with Crippen molar-refractivity contribution in [1.29, 1.82) is 0 Å². The number of ether oxygens (including phenoxy) is 1. The third kappa shape index (κ3) is 5.24. The Kier molecular flexibility index (Phi) is 5.69. The average Bonchev–Trinajstić information content (AvgIpc) is 2.41. The maximum Gasteiger partial charge on any atom is 0.410 e. The number of nitrogens with zero attached hydrogens (tertiary/aromatic N) is 1. The van der Waals surface area contributed by atoms with Crippen LogP contribution in [0.25, 0.3) is 0 Å². The standard InChI is InChI=1S/C19H30N2O2/c1-6-7-15-8-10-16(11-9-15)14(2)20-17-12-21(13-17)18(22)23-19(3,4)5/h8-11,14,17,20H,6-7,12-13H2,1-5H3. The largest absolute Gasteiger partial charge is 0.444 e. The number of amides is 1. The van der Waals surface area contributed by atoms with E-state index in [0.717, 1.165) is 6.42 Å². The number of carbonyl (C=O) groups is 1. The highest BCUT2D eigenvalue weighted by molar-refractivity contribution is 5.69. The number of hydrogen-bond donors (Lipinski definition) is 1. The van der Waals surface area contributed by atoms with Gasteiger partial charge < -0.3 is 15.0 Å². The number of carbonyl (C=O) groups excluding carboxylic acids is 1. The number of hydrogen-bond acceptors (Lipinski definition) is 3. The van der Waals surface area contributed by atoms with E-state index in [0.29, 0.717) is 19.1 Å². The zero-order valence-electron chi connectivity index (χ0n) is 15.1. The Hall–Kier alpha value is -1.55. The maximum atomic E-state index is 11.9. The summed E-state index contributed by atoms with van der Waals surface area (Å²) in [6, 6.07) is 9.46. The molecule has 1 heterocycles. The predicted octanol–water partition coefficient (Wildman–Crippen LogP) is 3.91. The Bertz CT molecular complexity index is 513. The van der Waals surface area contributed by atoms with Gasteiger partial charge in [0.05, 0.1) is 0 Å². The van der Waals surface area contributed by atoms with E-state index in [1.54, 1.807) is 4.90 Å². The van der Waals surface area contributed by atoms with Gasteiger partial charge in [0.15, 0.2) is 0 Å². The fourth-order valence-electron chi connectivity index (χ4n) is 2.77. The molecule has 0 aliphatic carbocycles. The molecule has 0 aromatic heterocycles. The summed E-state index contributed by atoms with van der Waals surface area (Å²) in [7, 11) is 0. The molecule has 1 saturated heterocycles. The van der Waals surface area contributed by atoms with Crippen molar-refractivity contribution < 1.29 is 9.53 Å². The minimum absolute atomic E-state index is 0.216. The highest BCUT2D eigenvalue weighted by Gasteiger charge is 2.34. The van der Waals surface area contributed by atoms with Gasteiger partial charge >= 0.3 is 6.09 Å². The van der Waals surface area contributed by atoms with E-state index in [9.17, 15) is 4.79 Å². The van der Waals surface area contributed by atoms with Crippen LogP contribution in [0, 0.1) is 0 Å². The van der Waals surface area contributed by atoms with Crippen molar-refractivity contribution in [3.05, 3.63) is 35.4 Å². The van der Waals surface area contributed by atoms with Gasteiger partial charge in [-0.25, -0.2) is 4.79 Å². The summed E-state index contributed by atoms with van der Waals surface area (Å²) in [6.07, 6.45) is 2.10. The quantitative estimate of drug-likeness (QED) is 0.895. The molecule has 128 valence electrons. The Morgan fingerprint density at radius 2 is 1.91 bits per heavy atom.